The number of anilines is 2. The van der Waals surface area contributed by atoms with Gasteiger partial charge in [0.05, 0.1) is 35.9 Å². The Hall–Kier alpha value is -7.92. The summed E-state index contributed by atoms with van der Waals surface area (Å²) in [7, 11) is 1.28. The quantitative estimate of drug-likeness (QED) is 0.0361. The normalized spacial score (nSPS) is 24.6. The number of carbonyl (C=O) groups excluding carboxylic acids is 10. The molecule has 0 saturated carbocycles. The van der Waals surface area contributed by atoms with Gasteiger partial charge in [0.25, 0.3) is 17.7 Å². The predicted octanol–water partition coefficient (Wildman–Crippen LogP) is 3.73. The van der Waals surface area contributed by atoms with Crippen LogP contribution in [0.25, 0.3) is 0 Å². The molecular formula is C61H82ClN9O18S. The molecule has 29 heteroatoms. The number of hydrogen-bond acceptors (Lipinski definition) is 18. The number of benzene rings is 2. The lowest BCUT2D eigenvalue weighted by Crippen LogP contribution is -2.63. The van der Waals surface area contributed by atoms with Crippen LogP contribution in [0, 0.1) is 11.8 Å². The van der Waals surface area contributed by atoms with E-state index in [1.165, 1.54) is 58.4 Å². The Morgan fingerprint density at radius 1 is 0.978 bits per heavy atom. The lowest BCUT2D eigenvalue weighted by Gasteiger charge is -2.42. The largest absolute Gasteiger partial charge is 0.495 e. The van der Waals surface area contributed by atoms with Gasteiger partial charge in [-0.1, -0.05) is 62.6 Å². The number of ether oxygens (including phenoxy) is 5. The Morgan fingerprint density at radius 2 is 1.67 bits per heavy atom. The molecule has 6 rings (SSSR count). The standard InChI is InChI=1S/C61H82ClN9O18S/c1-33(2)52(67-47(72)20-13-12-14-26-71-48(73)23-24-49(71)74)55(77)66-40(18-16-25-64-58(63)80)54(76)65-39-22-21-38(30-44(39)90(11,83)84)56(78)69(7)36(5)57(79)88-46-31-50(75)70(8)41-28-37(29-42(85-9)51(41)62)27-34(3)17-15-19-45(86-10)61(82)32-43(87-59(81)68-61)35(4)53-60(46,6)89-53/h15,17,19,21-24,28-30,33,35-36,40,43,45-46,52-53,82H,12-14,16,18,20,25-27,31-32H2,1-11H3,(H,65,76)(H,66,77)(H,67,72)(H,68,81)(H3,63,64,80)/b19-15+,34-17+/t35-,36+,40+,43+,45-,46+,52+,53+,60+,61+/m1/s1. The fourth-order valence-electron chi connectivity index (χ4n) is 10.9. The van der Waals surface area contributed by atoms with E-state index in [1.807, 2.05) is 6.92 Å². The van der Waals surface area contributed by atoms with Crippen LogP contribution in [0.3, 0.4) is 0 Å². The minimum absolute atomic E-state index is 0.00607. The van der Waals surface area contributed by atoms with Gasteiger partial charge in [0.1, 0.15) is 52.8 Å². The Labute approximate surface area is 528 Å². The number of nitrogens with zero attached hydrogens (tertiary/aromatic N) is 3. The third-order valence-corrected chi connectivity index (χ3v) is 17.9. The molecule has 0 unspecified atom stereocenters. The number of allylic oxidation sites excluding steroid dienone is 3. The van der Waals surface area contributed by atoms with Crippen LogP contribution in [-0.2, 0) is 68.8 Å². The molecule has 4 heterocycles. The average Bonchev–Trinajstić information content (AvgIpc) is 1.56. The number of likely N-dealkylation sites (N-methyl/N-ethyl adjacent to an activating group) is 1. The highest BCUT2D eigenvalue weighted by Crippen LogP contribution is 2.49. The molecule has 2 aromatic rings. The first-order valence-electron chi connectivity index (χ1n) is 29.4. The van der Waals surface area contributed by atoms with E-state index in [4.69, 9.17) is 41.0 Å². The van der Waals surface area contributed by atoms with E-state index in [0.717, 1.165) is 33.8 Å². The van der Waals surface area contributed by atoms with Gasteiger partial charge in [0.15, 0.2) is 15.6 Å². The number of nitrogens with two attached hydrogens (primary N) is 1. The van der Waals surface area contributed by atoms with Gasteiger partial charge in [-0.2, -0.15) is 0 Å². The summed E-state index contributed by atoms with van der Waals surface area (Å²) in [5.41, 5.74) is 3.12. The van der Waals surface area contributed by atoms with Crippen molar-refractivity contribution in [2.75, 3.05) is 57.9 Å². The molecule has 2 aromatic carbocycles. The van der Waals surface area contributed by atoms with E-state index in [2.05, 4.69) is 26.6 Å². The van der Waals surface area contributed by atoms with Crippen molar-refractivity contribution in [1.29, 1.82) is 0 Å². The number of alkyl carbamates (subject to hydrolysis) is 1. The molecule has 10 amide bonds. The van der Waals surface area contributed by atoms with Gasteiger partial charge in [-0.15, -0.1) is 0 Å². The number of aliphatic hydroxyl groups is 1. The number of unbranched alkanes of at least 4 members (excludes halogenated alkanes) is 2. The molecule has 8 N–H and O–H groups in total. The maximum atomic E-state index is 14.6. The summed E-state index contributed by atoms with van der Waals surface area (Å²) >= 11 is 6.84. The zero-order chi connectivity index (χ0) is 66.7. The first-order valence-corrected chi connectivity index (χ1v) is 31.7. The number of esters is 1. The maximum absolute atomic E-state index is 14.6. The van der Waals surface area contributed by atoms with E-state index in [0.29, 0.717) is 31.2 Å². The van der Waals surface area contributed by atoms with Gasteiger partial charge >= 0.3 is 18.1 Å². The molecule has 0 spiro atoms. The monoisotopic (exact) mass is 1300 g/mol. The van der Waals surface area contributed by atoms with Crippen LogP contribution in [0.15, 0.2) is 71.2 Å². The second-order valence-electron chi connectivity index (χ2n) is 23.5. The zero-order valence-corrected chi connectivity index (χ0v) is 53.9. The van der Waals surface area contributed by atoms with Crippen molar-refractivity contribution in [1.82, 2.24) is 31.1 Å². The number of amides is 10. The molecule has 4 aliphatic heterocycles. The van der Waals surface area contributed by atoms with Crippen molar-refractivity contribution < 1.29 is 85.2 Å². The average molecular weight is 1300 g/mol. The van der Waals surface area contributed by atoms with Gasteiger partial charge in [-0.05, 0) is 94.7 Å². The Morgan fingerprint density at radius 3 is 2.30 bits per heavy atom. The van der Waals surface area contributed by atoms with Crippen LogP contribution < -0.4 is 42.0 Å². The lowest BCUT2D eigenvalue weighted by molar-refractivity contribution is -0.158. The van der Waals surface area contributed by atoms with Gasteiger partial charge in [0.2, 0.25) is 23.6 Å². The number of urea groups is 1. The third-order valence-electron chi connectivity index (χ3n) is 16.4. The Balaban J connectivity index is 1.21. The summed E-state index contributed by atoms with van der Waals surface area (Å²) in [6.07, 6.45) is 4.05. The van der Waals surface area contributed by atoms with E-state index in [9.17, 15) is 61.5 Å². The molecule has 492 valence electrons. The molecule has 27 nitrogen and oxygen atoms in total. The maximum Gasteiger partial charge on any atom is 0.409 e. The predicted molar refractivity (Wildman–Crippen MR) is 328 cm³/mol. The van der Waals surface area contributed by atoms with Crippen LogP contribution in [0.4, 0.5) is 21.0 Å². The summed E-state index contributed by atoms with van der Waals surface area (Å²) in [4.78, 5) is 136. The molecule has 2 fully saturated rings. The first kappa shape index (κ1) is 71.2. The SMILES string of the molecule is COc1cc2cc(c1Cl)N(C)C(=O)C[C@H](OC(=O)[C@H](C)N(C)C(=O)c1ccc(NC(=O)[C@H](CCCNC(N)=O)NC(=O)[C@@H](NC(=O)CCCCCN3C(=O)C=CC3=O)C(C)C)c(S(C)(=O)=O)c1)[C@]1(C)O[C@H]1[C@H](C)[C@@H]1C[C@@](O)(NC(=O)O1)[C@H](OC)/C=C/C=C(\C)C2. The lowest BCUT2D eigenvalue weighted by atomic mass is 9.83. The molecule has 10 atom stereocenters. The van der Waals surface area contributed by atoms with E-state index in [-0.39, 0.29) is 66.5 Å². The highest BCUT2D eigenvalue weighted by atomic mass is 35.5. The number of imide groups is 1. The molecule has 90 heavy (non-hydrogen) atoms. The Kier molecular flexibility index (Phi) is 23.9. The number of hydrogen-bond donors (Lipinski definition) is 7. The molecule has 0 aromatic heterocycles. The second kappa shape index (κ2) is 30.3. The van der Waals surface area contributed by atoms with Crippen molar-refractivity contribution in [3.8, 4) is 5.75 Å². The number of fused-ring (bicyclic) bond motifs is 5. The third kappa shape index (κ3) is 17.7. The molecular weight excluding hydrogens is 1210 g/mol. The van der Waals surface area contributed by atoms with Crippen LogP contribution in [-0.4, -0.2) is 184 Å². The van der Waals surface area contributed by atoms with Crippen LogP contribution in [0.5, 0.6) is 5.75 Å². The summed E-state index contributed by atoms with van der Waals surface area (Å²) in [6, 6.07) is 1.99. The topological polar surface area (TPSA) is 370 Å². The number of rotatable bonds is 23. The Bertz CT molecular complexity index is 3300. The molecule has 4 aliphatic rings. The zero-order valence-electron chi connectivity index (χ0n) is 52.3. The highest BCUT2D eigenvalue weighted by molar-refractivity contribution is 7.90. The van der Waals surface area contributed by atoms with Crippen LogP contribution >= 0.6 is 11.6 Å². The molecule has 2 saturated heterocycles. The van der Waals surface area contributed by atoms with Gasteiger partial charge in [-0.3, -0.25) is 43.8 Å². The number of halogens is 1. The second-order valence-corrected chi connectivity index (χ2v) is 25.9. The van der Waals surface area contributed by atoms with Crippen molar-refractivity contribution in [3.05, 3.63) is 82.4 Å². The number of nitrogens with one attached hydrogen (secondary N) is 5. The number of primary amides is 1. The number of methoxy groups -OCH3 is 2. The smallest absolute Gasteiger partial charge is 0.409 e. The minimum Gasteiger partial charge on any atom is -0.495 e. The summed E-state index contributed by atoms with van der Waals surface area (Å²) < 4.78 is 56.5. The van der Waals surface area contributed by atoms with E-state index >= 15 is 0 Å². The fourth-order valence-corrected chi connectivity index (χ4v) is 12.1. The summed E-state index contributed by atoms with van der Waals surface area (Å²) in [5.74, 6) is -6.35. The molecule has 4 bridgehead atoms. The molecule has 0 radical (unpaired) electrons. The fraction of sp³-hybridized carbons (Fsp3) is 0.541. The highest BCUT2D eigenvalue weighted by Gasteiger charge is 2.64. The van der Waals surface area contributed by atoms with E-state index < -0.39 is 146 Å². The van der Waals surface area contributed by atoms with Crippen molar-refractivity contribution in [3.63, 3.8) is 0 Å². The minimum atomic E-state index is -4.28. The van der Waals surface area contributed by atoms with Crippen molar-refractivity contribution >= 4 is 92.3 Å². The van der Waals surface area contributed by atoms with Crippen LogP contribution in [0.1, 0.15) is 109 Å². The van der Waals surface area contributed by atoms with Crippen molar-refractivity contribution in [2.24, 2.45) is 17.6 Å². The van der Waals surface area contributed by atoms with Crippen molar-refractivity contribution in [2.45, 2.75) is 158 Å². The number of sulfone groups is 1. The van der Waals surface area contributed by atoms with Gasteiger partial charge in [-0.25, -0.2) is 22.8 Å². The molecule has 0 aliphatic carbocycles. The number of epoxide rings is 1. The number of carbonyl (C=O) groups is 10. The van der Waals surface area contributed by atoms with Crippen LogP contribution in [0.2, 0.25) is 5.02 Å². The van der Waals surface area contributed by atoms with Gasteiger partial charge in [0, 0.05) is 77.0 Å². The first-order chi connectivity index (χ1) is 42.2. The van der Waals surface area contributed by atoms with Gasteiger partial charge < -0.3 is 65.6 Å². The summed E-state index contributed by atoms with van der Waals surface area (Å²) in [6.45, 7) is 10.0. The summed E-state index contributed by atoms with van der Waals surface area (Å²) in [5, 5.41) is 24.8. The van der Waals surface area contributed by atoms with E-state index in [1.54, 1.807) is 58.1 Å².